The third kappa shape index (κ3) is 60.8. The van der Waals surface area contributed by atoms with E-state index in [-0.39, 0.29) is 25.1 Å². The Morgan fingerprint density at radius 3 is 1.15 bits per heavy atom. The fraction of sp³-hybridized carbons (Fsp3) is 0.886. The summed E-state index contributed by atoms with van der Waals surface area (Å²) in [6.45, 7) is 7.04. The molecular formula is C70H136N2O7P+. The number of unbranched alkanes of at least 4 members (excludes halogenated alkanes) is 44. The molecule has 0 aliphatic carbocycles. The van der Waals surface area contributed by atoms with E-state index < -0.39 is 20.0 Å². The molecule has 472 valence electrons. The van der Waals surface area contributed by atoms with Crippen molar-refractivity contribution in [2.45, 2.75) is 360 Å². The van der Waals surface area contributed by atoms with Gasteiger partial charge in [-0.2, -0.15) is 0 Å². The van der Waals surface area contributed by atoms with Crippen LogP contribution in [0.25, 0.3) is 0 Å². The molecule has 0 aliphatic rings. The molecule has 0 aliphatic heterocycles. The van der Waals surface area contributed by atoms with Crippen molar-refractivity contribution in [1.82, 2.24) is 5.32 Å². The first-order valence-electron chi connectivity index (χ1n) is 34.8. The Labute approximate surface area is 497 Å². The van der Waals surface area contributed by atoms with Gasteiger partial charge in [-0.3, -0.25) is 18.6 Å². The van der Waals surface area contributed by atoms with E-state index in [0.717, 1.165) is 64.2 Å². The summed E-state index contributed by atoms with van der Waals surface area (Å²) in [5.41, 5.74) is 0. The first-order chi connectivity index (χ1) is 38.9. The molecule has 0 radical (unpaired) electrons. The molecule has 0 aromatic heterocycles. The van der Waals surface area contributed by atoms with Crippen LogP contribution in [0, 0.1) is 0 Å². The molecular weight excluding hydrogens is 1010 g/mol. The van der Waals surface area contributed by atoms with Crippen LogP contribution in [0.4, 0.5) is 0 Å². The highest BCUT2D eigenvalue weighted by Crippen LogP contribution is 2.43. The second-order valence-corrected chi connectivity index (χ2v) is 26.5. The summed E-state index contributed by atoms with van der Waals surface area (Å²) in [6.07, 6.45) is 74.4. The Morgan fingerprint density at radius 1 is 0.438 bits per heavy atom. The maximum Gasteiger partial charge on any atom is 0.472 e. The van der Waals surface area contributed by atoms with Gasteiger partial charge in [-0.15, -0.1) is 0 Å². The van der Waals surface area contributed by atoms with E-state index in [1.165, 1.54) is 250 Å². The minimum atomic E-state index is -4.45. The van der Waals surface area contributed by atoms with Crippen molar-refractivity contribution in [3.8, 4) is 0 Å². The lowest BCUT2D eigenvalue weighted by molar-refractivity contribution is -0.870. The summed E-state index contributed by atoms with van der Waals surface area (Å²) >= 11 is 0. The van der Waals surface area contributed by atoms with Gasteiger partial charge in [0.1, 0.15) is 19.3 Å². The van der Waals surface area contributed by atoms with Gasteiger partial charge in [-0.05, 0) is 63.9 Å². The van der Waals surface area contributed by atoms with Crippen LogP contribution in [0.5, 0.6) is 0 Å². The topological polar surface area (TPSA) is 111 Å². The molecule has 80 heavy (non-hydrogen) atoms. The number of carbonyl (C=O) groups excluding carboxylic acids is 2. The zero-order valence-corrected chi connectivity index (χ0v) is 55.0. The number of rotatable bonds is 64. The number of carbonyl (C=O) groups is 2. The highest BCUT2D eigenvalue weighted by atomic mass is 31.2. The van der Waals surface area contributed by atoms with Gasteiger partial charge < -0.3 is 19.4 Å². The van der Waals surface area contributed by atoms with Crippen LogP contribution in [0.3, 0.4) is 0 Å². The molecule has 0 fully saturated rings. The van der Waals surface area contributed by atoms with Crippen LogP contribution in [0.1, 0.15) is 348 Å². The molecule has 1 amide bonds. The number of esters is 1. The predicted molar refractivity (Wildman–Crippen MR) is 346 cm³/mol. The third-order valence-electron chi connectivity index (χ3n) is 15.8. The molecule has 0 saturated carbocycles. The number of hydrogen-bond acceptors (Lipinski definition) is 6. The van der Waals surface area contributed by atoms with E-state index in [0.29, 0.717) is 23.9 Å². The number of quaternary nitrogens is 1. The fourth-order valence-corrected chi connectivity index (χ4v) is 11.2. The van der Waals surface area contributed by atoms with E-state index in [4.69, 9.17) is 13.8 Å². The Balaban J connectivity index is 4.97. The van der Waals surface area contributed by atoms with Crippen molar-refractivity contribution in [2.24, 2.45) is 0 Å². The van der Waals surface area contributed by atoms with Crippen molar-refractivity contribution >= 4 is 19.7 Å². The summed E-state index contributed by atoms with van der Waals surface area (Å²) in [7, 11) is 1.51. The molecule has 3 atom stereocenters. The maximum absolute atomic E-state index is 13.6. The van der Waals surface area contributed by atoms with Crippen molar-refractivity contribution in [2.75, 3.05) is 40.9 Å². The van der Waals surface area contributed by atoms with Crippen LogP contribution in [-0.4, -0.2) is 74.3 Å². The summed E-state index contributed by atoms with van der Waals surface area (Å²) in [5.74, 6) is -0.485. The molecule has 0 bridgehead atoms. The molecule has 9 nitrogen and oxygen atoms in total. The lowest BCUT2D eigenvalue weighted by atomic mass is 10.0. The fourth-order valence-electron chi connectivity index (χ4n) is 10.4. The molecule has 0 rings (SSSR count). The minimum absolute atomic E-state index is 0.0438. The number of nitrogens with one attached hydrogen (secondary N) is 1. The first-order valence-corrected chi connectivity index (χ1v) is 36.3. The monoisotopic (exact) mass is 1150 g/mol. The Morgan fingerprint density at radius 2 is 0.762 bits per heavy atom. The van der Waals surface area contributed by atoms with E-state index in [2.05, 4.69) is 50.4 Å². The normalized spacial score (nSPS) is 13.7. The summed E-state index contributed by atoms with van der Waals surface area (Å²) < 4.78 is 30.8. The standard InChI is InChI=1S/C70H135N2O7P/c1-7-10-13-16-19-22-25-28-30-31-32-33-34-35-36-37-38-39-40-41-43-44-47-50-53-56-59-62-69(73)71-67(66-78-80(75,76)77-65-64-72(4,5)6)68(61-58-55-52-49-46-27-24-21-18-15-12-9-3)79-70(74)63-60-57-54-51-48-45-42-29-26-23-20-17-14-11-8-2/h19,22,28,30,58,61,67-68H,7-18,20-21,23-27,29,31-57,59-60,62-66H2,1-6H3,(H-,71,73,75,76)/p+1/b22-19-,30-28-,61-58-. The number of phosphoric ester groups is 1. The molecule has 0 heterocycles. The van der Waals surface area contributed by atoms with Crippen molar-refractivity contribution in [3.05, 3.63) is 36.5 Å². The summed E-state index contributed by atoms with van der Waals surface area (Å²) in [6, 6.07) is -0.843. The number of amides is 1. The Bertz CT molecular complexity index is 1460. The average molecular weight is 1150 g/mol. The van der Waals surface area contributed by atoms with Crippen LogP contribution < -0.4 is 5.32 Å². The average Bonchev–Trinajstić information content (AvgIpc) is 3.42. The van der Waals surface area contributed by atoms with Crippen molar-refractivity contribution < 1.29 is 37.3 Å². The molecule has 3 unspecified atom stereocenters. The van der Waals surface area contributed by atoms with Gasteiger partial charge in [0, 0.05) is 12.8 Å². The van der Waals surface area contributed by atoms with E-state index in [9.17, 15) is 19.0 Å². The zero-order valence-electron chi connectivity index (χ0n) is 54.1. The van der Waals surface area contributed by atoms with E-state index in [1.807, 2.05) is 33.3 Å². The highest BCUT2D eigenvalue weighted by Gasteiger charge is 2.30. The van der Waals surface area contributed by atoms with E-state index in [1.54, 1.807) is 0 Å². The maximum atomic E-state index is 13.6. The van der Waals surface area contributed by atoms with Crippen LogP contribution in [-0.2, 0) is 27.9 Å². The second kappa shape index (κ2) is 60.4. The van der Waals surface area contributed by atoms with Crippen LogP contribution >= 0.6 is 7.82 Å². The Kier molecular flexibility index (Phi) is 59.0. The molecule has 0 aromatic carbocycles. The third-order valence-corrected chi connectivity index (χ3v) is 16.8. The Hall–Kier alpha value is -1.77. The van der Waals surface area contributed by atoms with Gasteiger partial charge in [0.05, 0.1) is 33.8 Å². The lowest BCUT2D eigenvalue weighted by Gasteiger charge is -2.27. The van der Waals surface area contributed by atoms with Gasteiger partial charge in [-0.1, -0.05) is 308 Å². The van der Waals surface area contributed by atoms with Gasteiger partial charge in [0.2, 0.25) is 5.91 Å². The molecule has 0 spiro atoms. The lowest BCUT2D eigenvalue weighted by Crippen LogP contribution is -2.47. The highest BCUT2D eigenvalue weighted by molar-refractivity contribution is 7.47. The van der Waals surface area contributed by atoms with Gasteiger partial charge in [-0.25, -0.2) is 4.57 Å². The van der Waals surface area contributed by atoms with Gasteiger partial charge >= 0.3 is 13.8 Å². The number of allylic oxidation sites excluding steroid dienone is 5. The molecule has 2 N–H and O–H groups in total. The molecule has 0 aromatic rings. The van der Waals surface area contributed by atoms with Crippen LogP contribution in [0.15, 0.2) is 36.5 Å². The largest absolute Gasteiger partial charge is 0.472 e. The van der Waals surface area contributed by atoms with Crippen molar-refractivity contribution in [3.63, 3.8) is 0 Å². The second-order valence-electron chi connectivity index (χ2n) is 25.1. The first kappa shape index (κ1) is 78.2. The smallest absolute Gasteiger partial charge is 0.456 e. The number of nitrogens with zero attached hydrogens (tertiary/aromatic N) is 1. The zero-order chi connectivity index (χ0) is 58.6. The predicted octanol–water partition coefficient (Wildman–Crippen LogP) is 21.8. The number of likely N-dealkylation sites (N-methyl/N-ethyl adjacent to an activating group) is 1. The summed E-state index contributed by atoms with van der Waals surface area (Å²) in [4.78, 5) is 37.8. The van der Waals surface area contributed by atoms with Gasteiger partial charge in [0.25, 0.3) is 0 Å². The van der Waals surface area contributed by atoms with Gasteiger partial charge in [0.15, 0.2) is 0 Å². The number of ether oxygens (including phenoxy) is 1. The quantitative estimate of drug-likeness (QED) is 0.0205. The number of phosphoric acid groups is 1. The summed E-state index contributed by atoms with van der Waals surface area (Å²) in [5, 5.41) is 3.07. The minimum Gasteiger partial charge on any atom is -0.456 e. The van der Waals surface area contributed by atoms with E-state index >= 15 is 0 Å². The van der Waals surface area contributed by atoms with Crippen LogP contribution in [0.2, 0.25) is 0 Å². The molecule has 10 heteroatoms. The number of hydrogen-bond donors (Lipinski definition) is 2. The SMILES string of the molecule is CCCCC/C=C\C/C=C\CCCCCCCCCCCCCCCCCCCC(=O)NC(COP(=O)(O)OCC[N+](C)(C)C)C(/C=C\CCCCCCCCCCCC)OC(=O)CCCCCCCCCCCCCCCCC. The van der Waals surface area contributed by atoms with Crippen molar-refractivity contribution in [1.29, 1.82) is 0 Å². The molecule has 0 saturated heterocycles.